The Bertz CT molecular complexity index is 926. The predicted molar refractivity (Wildman–Crippen MR) is 113 cm³/mol. The van der Waals surface area contributed by atoms with Crippen LogP contribution >= 0.6 is 0 Å². The minimum atomic E-state index is -0.124. The number of piperazine rings is 1. The number of aryl methyl sites for hydroxylation is 2. The smallest absolute Gasteiger partial charge is 0.275 e. The number of rotatable bonds is 6. The highest BCUT2D eigenvalue weighted by molar-refractivity contribution is 5.92. The van der Waals surface area contributed by atoms with Gasteiger partial charge in [0.2, 0.25) is 11.8 Å². The molecule has 0 unspecified atom stereocenters. The molecule has 0 atom stereocenters. The van der Waals surface area contributed by atoms with Crippen LogP contribution in [0.3, 0.4) is 0 Å². The van der Waals surface area contributed by atoms with Crippen molar-refractivity contribution in [2.24, 2.45) is 0 Å². The van der Waals surface area contributed by atoms with Crippen molar-refractivity contribution >= 4 is 11.8 Å². The Hall–Kier alpha value is -2.67. The predicted octanol–water partition coefficient (Wildman–Crippen LogP) is 2.76. The summed E-state index contributed by atoms with van der Waals surface area (Å²) in [5, 5.41) is 0. The summed E-state index contributed by atoms with van der Waals surface area (Å²) in [6.45, 7) is 9.48. The largest absolute Gasteiger partial charge is 0.447 e. The van der Waals surface area contributed by atoms with E-state index in [9.17, 15) is 9.59 Å². The first-order chi connectivity index (χ1) is 14.4. The molecule has 4 rings (SSSR count). The number of nitrogens with zero attached hydrogens (tertiary/aromatic N) is 4. The summed E-state index contributed by atoms with van der Waals surface area (Å²) in [5.41, 5.74) is 4.23. The summed E-state index contributed by atoms with van der Waals surface area (Å²) in [6, 6.07) is 7.11. The van der Waals surface area contributed by atoms with Gasteiger partial charge in [-0.3, -0.25) is 14.5 Å². The van der Waals surface area contributed by atoms with Crippen LogP contribution < -0.4 is 0 Å². The first kappa shape index (κ1) is 20.6. The van der Waals surface area contributed by atoms with E-state index >= 15 is 0 Å². The Morgan fingerprint density at radius 2 is 1.80 bits per heavy atom. The first-order valence-corrected chi connectivity index (χ1v) is 10.7. The van der Waals surface area contributed by atoms with E-state index in [1.165, 1.54) is 35.8 Å². The molecule has 1 saturated carbocycles. The van der Waals surface area contributed by atoms with Crippen molar-refractivity contribution in [2.75, 3.05) is 26.2 Å². The lowest BCUT2D eigenvalue weighted by Gasteiger charge is -2.33. The van der Waals surface area contributed by atoms with E-state index < -0.39 is 0 Å². The highest BCUT2D eigenvalue weighted by Crippen LogP contribution is 2.30. The molecule has 2 fully saturated rings. The lowest BCUT2D eigenvalue weighted by atomic mass is 10.1. The van der Waals surface area contributed by atoms with Crippen LogP contribution in [0.15, 0.2) is 28.9 Å². The number of carbonyl (C=O) groups is 2. The van der Waals surface area contributed by atoms with E-state index in [2.05, 4.69) is 41.9 Å². The van der Waals surface area contributed by atoms with Crippen LogP contribution in [-0.4, -0.2) is 63.7 Å². The third-order valence-electron chi connectivity index (χ3n) is 6.06. The second-order valence-corrected chi connectivity index (χ2v) is 8.49. The number of carbonyl (C=O) groups excluding carboxylic acids is 2. The Morgan fingerprint density at radius 1 is 1.10 bits per heavy atom. The summed E-state index contributed by atoms with van der Waals surface area (Å²) >= 11 is 0. The van der Waals surface area contributed by atoms with Crippen molar-refractivity contribution in [1.29, 1.82) is 0 Å². The highest BCUT2D eigenvalue weighted by atomic mass is 16.3. The zero-order chi connectivity index (χ0) is 21.3. The number of benzene rings is 1. The molecule has 30 heavy (non-hydrogen) atoms. The summed E-state index contributed by atoms with van der Waals surface area (Å²) < 4.78 is 5.67. The average molecular weight is 411 g/mol. The second-order valence-electron chi connectivity index (χ2n) is 8.49. The Labute approximate surface area is 177 Å². The maximum absolute atomic E-state index is 12.8. The summed E-state index contributed by atoms with van der Waals surface area (Å²) in [7, 11) is 0. The molecular weight excluding hydrogens is 380 g/mol. The topological polar surface area (TPSA) is 69.9 Å². The fourth-order valence-electron chi connectivity index (χ4n) is 3.99. The molecule has 7 nitrogen and oxygen atoms in total. The molecule has 1 aromatic heterocycles. The molecule has 2 heterocycles. The highest BCUT2D eigenvalue weighted by Gasteiger charge is 2.31. The number of amides is 2. The van der Waals surface area contributed by atoms with Crippen molar-refractivity contribution in [3.8, 4) is 0 Å². The molecule has 1 saturated heterocycles. The van der Waals surface area contributed by atoms with Crippen molar-refractivity contribution in [3.63, 3.8) is 0 Å². The summed E-state index contributed by atoms with van der Waals surface area (Å²) in [5.74, 6) is 0.508. The molecule has 7 heteroatoms. The molecule has 0 spiro atoms. The Kier molecular flexibility index (Phi) is 5.90. The fourth-order valence-corrected chi connectivity index (χ4v) is 3.99. The van der Waals surface area contributed by atoms with Crippen LogP contribution in [0.1, 0.15) is 52.8 Å². The van der Waals surface area contributed by atoms with Crippen molar-refractivity contribution < 1.29 is 14.0 Å². The van der Waals surface area contributed by atoms with Gasteiger partial charge in [0.25, 0.3) is 5.91 Å². The lowest BCUT2D eigenvalue weighted by molar-refractivity contribution is -0.130. The van der Waals surface area contributed by atoms with Gasteiger partial charge in [0.1, 0.15) is 6.26 Å². The van der Waals surface area contributed by atoms with Gasteiger partial charge < -0.3 is 14.2 Å². The van der Waals surface area contributed by atoms with Crippen LogP contribution in [0.25, 0.3) is 0 Å². The van der Waals surface area contributed by atoms with Crippen molar-refractivity contribution in [2.45, 2.75) is 52.7 Å². The van der Waals surface area contributed by atoms with E-state index in [0.29, 0.717) is 50.4 Å². The quantitative estimate of drug-likeness (QED) is 0.732. The van der Waals surface area contributed by atoms with Gasteiger partial charge in [0.15, 0.2) is 5.69 Å². The maximum atomic E-state index is 12.8. The molecular formula is C23H30N4O3. The summed E-state index contributed by atoms with van der Waals surface area (Å²) in [6.07, 6.45) is 3.85. The Balaban J connectivity index is 1.40. The van der Waals surface area contributed by atoms with Crippen molar-refractivity contribution in [3.05, 3.63) is 52.7 Å². The minimum Gasteiger partial charge on any atom is -0.447 e. The number of hydrogen-bond acceptors (Lipinski definition) is 5. The molecule has 1 aliphatic carbocycles. The molecule has 0 bridgehead atoms. The molecule has 2 aliphatic rings. The number of aromatic nitrogens is 1. The molecule has 2 aromatic rings. The zero-order valence-electron chi connectivity index (χ0n) is 18.1. The van der Waals surface area contributed by atoms with Crippen LogP contribution in [0, 0.1) is 13.8 Å². The molecule has 0 radical (unpaired) electrons. The van der Waals surface area contributed by atoms with Crippen LogP contribution in [0.2, 0.25) is 0 Å². The maximum Gasteiger partial charge on any atom is 0.275 e. The monoisotopic (exact) mass is 410 g/mol. The number of oxazole rings is 1. The van der Waals surface area contributed by atoms with Gasteiger partial charge in [-0.1, -0.05) is 23.8 Å². The molecule has 0 N–H and O–H groups in total. The van der Waals surface area contributed by atoms with E-state index in [0.717, 1.165) is 6.54 Å². The van der Waals surface area contributed by atoms with Gasteiger partial charge >= 0.3 is 0 Å². The lowest BCUT2D eigenvalue weighted by Crippen LogP contribution is -2.50. The van der Waals surface area contributed by atoms with E-state index in [1.54, 1.807) is 16.7 Å². The van der Waals surface area contributed by atoms with Crippen molar-refractivity contribution in [1.82, 2.24) is 19.7 Å². The second kappa shape index (κ2) is 8.60. The van der Waals surface area contributed by atoms with Gasteiger partial charge in [0.05, 0.1) is 6.54 Å². The molecule has 1 aliphatic heterocycles. The minimum absolute atomic E-state index is 0.0508. The van der Waals surface area contributed by atoms with E-state index in [1.807, 2.05) is 0 Å². The normalized spacial score (nSPS) is 16.9. The third kappa shape index (κ3) is 4.73. The third-order valence-corrected chi connectivity index (χ3v) is 6.06. The molecule has 2 amide bonds. The Morgan fingerprint density at radius 3 is 2.47 bits per heavy atom. The molecule has 1 aromatic carbocycles. The van der Waals surface area contributed by atoms with E-state index in [4.69, 9.17) is 4.42 Å². The molecule has 160 valence electrons. The summed E-state index contributed by atoms with van der Waals surface area (Å²) in [4.78, 5) is 34.6. The standard InChI is InChI=1S/C23H30N4O3/c1-16-4-5-17(2)19(12-16)13-27(20-6-7-20)14-22-24-21(15-30-22)23(29)26-10-8-25(9-11-26)18(3)28/h4-5,12,15,20H,6-11,13-14H2,1-3H3. The van der Waals surface area contributed by atoms with Crippen LogP contribution in [0.5, 0.6) is 0 Å². The van der Waals surface area contributed by atoms with Gasteiger partial charge in [-0.2, -0.15) is 0 Å². The fraction of sp³-hybridized carbons (Fsp3) is 0.522. The first-order valence-electron chi connectivity index (χ1n) is 10.7. The van der Waals surface area contributed by atoms with Gasteiger partial charge in [-0.25, -0.2) is 4.98 Å². The van der Waals surface area contributed by atoms with Crippen LogP contribution in [0.4, 0.5) is 0 Å². The number of hydrogen-bond donors (Lipinski definition) is 0. The van der Waals surface area contributed by atoms with Crippen LogP contribution in [-0.2, 0) is 17.9 Å². The average Bonchev–Trinajstić information content (AvgIpc) is 3.48. The SMILES string of the molecule is CC(=O)N1CCN(C(=O)c2coc(CN(Cc3cc(C)ccc3C)C3CC3)n2)CC1. The van der Waals surface area contributed by atoms with E-state index in [-0.39, 0.29) is 11.8 Å². The van der Waals surface area contributed by atoms with Gasteiger partial charge in [-0.15, -0.1) is 0 Å². The van der Waals surface area contributed by atoms with Gasteiger partial charge in [0, 0.05) is 45.7 Å². The zero-order valence-corrected chi connectivity index (χ0v) is 18.1. The van der Waals surface area contributed by atoms with Gasteiger partial charge in [-0.05, 0) is 37.8 Å².